The van der Waals surface area contributed by atoms with Gasteiger partial charge >= 0.3 is 5.97 Å². The van der Waals surface area contributed by atoms with Crippen LogP contribution in [0.25, 0.3) is 0 Å². The summed E-state index contributed by atoms with van der Waals surface area (Å²) in [5.41, 5.74) is 2.80. The topological polar surface area (TPSA) is 55.1 Å². The molecular formula is C11H12N2O2S. The Hall–Kier alpha value is -1.62. The maximum Gasteiger partial charge on any atom is 0.346 e. The van der Waals surface area contributed by atoms with Crippen molar-refractivity contribution in [3.8, 4) is 0 Å². The zero-order valence-electron chi connectivity index (χ0n) is 9.10. The largest absolute Gasteiger partial charge is 0.477 e. The Morgan fingerprint density at radius 2 is 2.31 bits per heavy atom. The molecule has 0 unspecified atom stereocenters. The minimum atomic E-state index is -0.869. The van der Waals surface area contributed by atoms with Crippen molar-refractivity contribution in [2.75, 3.05) is 0 Å². The van der Waals surface area contributed by atoms with E-state index in [4.69, 9.17) is 5.11 Å². The smallest absolute Gasteiger partial charge is 0.346 e. The fourth-order valence-electron chi connectivity index (χ4n) is 1.64. The van der Waals surface area contributed by atoms with Gasteiger partial charge in [0.05, 0.1) is 12.2 Å². The van der Waals surface area contributed by atoms with Crippen LogP contribution in [0, 0.1) is 13.8 Å². The number of aryl methyl sites for hydroxylation is 2. The number of rotatable bonds is 3. The van der Waals surface area contributed by atoms with Crippen molar-refractivity contribution >= 4 is 17.3 Å². The lowest BCUT2D eigenvalue weighted by Gasteiger charge is -2.03. The van der Waals surface area contributed by atoms with Crippen LogP contribution in [0.4, 0.5) is 0 Å². The number of hydrogen-bond acceptors (Lipinski definition) is 3. The molecule has 0 aromatic carbocycles. The number of thiophene rings is 1. The first-order valence-corrected chi connectivity index (χ1v) is 5.76. The number of aromatic carboxylic acids is 1. The van der Waals surface area contributed by atoms with Gasteiger partial charge in [0.25, 0.3) is 0 Å². The molecule has 2 heterocycles. The third-order valence-electron chi connectivity index (χ3n) is 2.36. The van der Waals surface area contributed by atoms with Crippen molar-refractivity contribution in [1.29, 1.82) is 0 Å². The number of hydrogen-bond donors (Lipinski definition) is 1. The van der Waals surface area contributed by atoms with Gasteiger partial charge in [-0.1, -0.05) is 0 Å². The number of aromatic nitrogens is 2. The van der Waals surface area contributed by atoms with E-state index in [1.165, 1.54) is 11.3 Å². The molecule has 5 heteroatoms. The summed E-state index contributed by atoms with van der Waals surface area (Å²) in [6.07, 6.45) is 0. The highest BCUT2D eigenvalue weighted by atomic mass is 32.1. The van der Waals surface area contributed by atoms with Crippen molar-refractivity contribution in [3.05, 3.63) is 39.3 Å². The van der Waals surface area contributed by atoms with Gasteiger partial charge in [-0.2, -0.15) is 5.10 Å². The number of carboxylic acids is 1. The highest BCUT2D eigenvalue weighted by molar-refractivity contribution is 7.12. The van der Waals surface area contributed by atoms with Crippen LogP contribution in [0.15, 0.2) is 17.5 Å². The third kappa shape index (κ3) is 1.99. The summed E-state index contributed by atoms with van der Waals surface area (Å²) >= 11 is 1.25. The summed E-state index contributed by atoms with van der Waals surface area (Å²) in [5.74, 6) is -0.869. The van der Waals surface area contributed by atoms with Crippen molar-refractivity contribution in [2.45, 2.75) is 20.4 Å². The van der Waals surface area contributed by atoms with Gasteiger partial charge in [-0.15, -0.1) is 11.3 Å². The number of nitrogens with zero attached hydrogens (tertiary/aromatic N) is 2. The quantitative estimate of drug-likeness (QED) is 0.889. The van der Waals surface area contributed by atoms with E-state index in [9.17, 15) is 4.79 Å². The Morgan fingerprint density at radius 1 is 1.56 bits per heavy atom. The van der Waals surface area contributed by atoms with E-state index < -0.39 is 5.97 Å². The van der Waals surface area contributed by atoms with Crippen molar-refractivity contribution < 1.29 is 9.90 Å². The second-order valence-electron chi connectivity index (χ2n) is 3.66. The fraction of sp³-hybridized carbons (Fsp3) is 0.273. The molecule has 0 aliphatic rings. The molecule has 0 aliphatic heterocycles. The Morgan fingerprint density at radius 3 is 2.88 bits per heavy atom. The second kappa shape index (κ2) is 4.09. The molecule has 0 aliphatic carbocycles. The molecule has 2 aromatic rings. The highest BCUT2D eigenvalue weighted by Gasteiger charge is 2.12. The van der Waals surface area contributed by atoms with Gasteiger partial charge in [-0.25, -0.2) is 4.79 Å². The van der Waals surface area contributed by atoms with E-state index in [1.807, 2.05) is 30.7 Å². The molecule has 0 radical (unpaired) electrons. The molecule has 4 nitrogen and oxygen atoms in total. The number of carbonyl (C=O) groups is 1. The van der Waals surface area contributed by atoms with Gasteiger partial charge in [0.2, 0.25) is 0 Å². The highest BCUT2D eigenvalue weighted by Crippen LogP contribution is 2.18. The second-order valence-corrected chi connectivity index (χ2v) is 4.58. The molecular weight excluding hydrogens is 224 g/mol. The lowest BCUT2D eigenvalue weighted by molar-refractivity contribution is 0.0701. The Bertz CT molecular complexity index is 528. The van der Waals surface area contributed by atoms with Crippen LogP contribution in [0.2, 0.25) is 0 Å². The fourth-order valence-corrected chi connectivity index (χ4v) is 2.40. The predicted octanol–water partition coefficient (Wildman–Crippen LogP) is 2.31. The van der Waals surface area contributed by atoms with Crippen LogP contribution >= 0.6 is 11.3 Å². The van der Waals surface area contributed by atoms with Crippen LogP contribution in [0.5, 0.6) is 0 Å². The molecule has 1 N–H and O–H groups in total. The zero-order valence-corrected chi connectivity index (χ0v) is 9.91. The van der Waals surface area contributed by atoms with Crippen LogP contribution < -0.4 is 0 Å². The van der Waals surface area contributed by atoms with E-state index in [0.29, 0.717) is 11.4 Å². The van der Waals surface area contributed by atoms with Crippen LogP contribution in [-0.2, 0) is 6.54 Å². The molecule has 0 bridgehead atoms. The lowest BCUT2D eigenvalue weighted by atomic mass is 10.2. The summed E-state index contributed by atoms with van der Waals surface area (Å²) in [6.45, 7) is 4.41. The van der Waals surface area contributed by atoms with Gasteiger partial charge in [-0.05, 0) is 36.9 Å². The average molecular weight is 236 g/mol. The van der Waals surface area contributed by atoms with E-state index in [2.05, 4.69) is 5.10 Å². The molecule has 2 rings (SSSR count). The summed E-state index contributed by atoms with van der Waals surface area (Å²) in [5, 5.41) is 15.1. The van der Waals surface area contributed by atoms with Gasteiger partial charge < -0.3 is 5.11 Å². The first-order valence-electron chi connectivity index (χ1n) is 4.88. The van der Waals surface area contributed by atoms with E-state index in [0.717, 1.165) is 17.0 Å². The maximum atomic E-state index is 10.9. The minimum absolute atomic E-state index is 0.396. The van der Waals surface area contributed by atoms with Crippen LogP contribution in [0.1, 0.15) is 26.6 Å². The SMILES string of the molecule is Cc1cc(C)n(Cc2ccsc2C(=O)O)n1. The summed E-state index contributed by atoms with van der Waals surface area (Å²) in [7, 11) is 0. The van der Waals surface area contributed by atoms with E-state index >= 15 is 0 Å². The Kier molecular flexibility index (Phi) is 2.78. The average Bonchev–Trinajstić information content (AvgIpc) is 2.75. The van der Waals surface area contributed by atoms with E-state index in [-0.39, 0.29) is 0 Å². The minimum Gasteiger partial charge on any atom is -0.477 e. The molecule has 0 spiro atoms. The van der Waals surface area contributed by atoms with Crippen molar-refractivity contribution in [2.24, 2.45) is 0 Å². The molecule has 2 aromatic heterocycles. The van der Waals surface area contributed by atoms with Gasteiger partial charge in [-0.3, -0.25) is 4.68 Å². The first-order chi connectivity index (χ1) is 7.58. The molecule has 0 fully saturated rings. The van der Waals surface area contributed by atoms with Crippen LogP contribution in [0.3, 0.4) is 0 Å². The first kappa shape index (κ1) is 10.9. The monoisotopic (exact) mass is 236 g/mol. The van der Waals surface area contributed by atoms with Gasteiger partial charge in [0.15, 0.2) is 0 Å². The van der Waals surface area contributed by atoms with Gasteiger partial charge in [0.1, 0.15) is 4.88 Å². The van der Waals surface area contributed by atoms with Crippen molar-refractivity contribution in [3.63, 3.8) is 0 Å². The zero-order chi connectivity index (χ0) is 11.7. The predicted molar refractivity (Wildman–Crippen MR) is 62.1 cm³/mol. The molecule has 16 heavy (non-hydrogen) atoms. The Balaban J connectivity index is 2.30. The molecule has 0 atom stereocenters. The normalized spacial score (nSPS) is 10.6. The van der Waals surface area contributed by atoms with E-state index in [1.54, 1.807) is 5.38 Å². The third-order valence-corrected chi connectivity index (χ3v) is 3.31. The standard InChI is InChI=1S/C11H12N2O2S/c1-7-5-8(2)13(12-7)6-9-3-4-16-10(9)11(14)15/h3-5H,6H2,1-2H3,(H,14,15). The van der Waals surface area contributed by atoms with Gasteiger partial charge in [0, 0.05) is 5.69 Å². The maximum absolute atomic E-state index is 10.9. The number of carboxylic acid groups (broad SMARTS) is 1. The summed E-state index contributed by atoms with van der Waals surface area (Å²) < 4.78 is 1.82. The van der Waals surface area contributed by atoms with Crippen LogP contribution in [-0.4, -0.2) is 20.9 Å². The molecule has 0 amide bonds. The molecule has 0 saturated heterocycles. The summed E-state index contributed by atoms with van der Waals surface area (Å²) in [4.78, 5) is 11.3. The lowest BCUT2D eigenvalue weighted by Crippen LogP contribution is -2.06. The summed E-state index contributed by atoms with van der Waals surface area (Å²) in [6, 6.07) is 3.82. The molecule has 84 valence electrons. The van der Waals surface area contributed by atoms with Crippen molar-refractivity contribution in [1.82, 2.24) is 9.78 Å². The molecule has 0 saturated carbocycles. The Labute approximate surface area is 97.2 Å².